The van der Waals surface area contributed by atoms with Gasteiger partial charge >= 0.3 is 0 Å². The number of ether oxygens (including phenoxy) is 3. The summed E-state index contributed by atoms with van der Waals surface area (Å²) in [6, 6.07) is 11.7. The Hall–Kier alpha value is -2.00. The van der Waals surface area contributed by atoms with E-state index in [1.54, 1.807) is 0 Å². The van der Waals surface area contributed by atoms with E-state index in [2.05, 4.69) is 4.72 Å². The van der Waals surface area contributed by atoms with E-state index < -0.39 is 16.1 Å². The third kappa shape index (κ3) is 5.01. The average molecular weight is 403 g/mol. The monoisotopic (exact) mass is 402 g/mol. The molecule has 0 amide bonds. The molecule has 26 heavy (non-hydrogen) atoms. The van der Waals surface area contributed by atoms with Crippen molar-refractivity contribution in [3.05, 3.63) is 48.0 Å². The van der Waals surface area contributed by atoms with Crippen LogP contribution in [-0.2, 0) is 10.0 Å². The molecule has 0 aromatic heterocycles. The minimum absolute atomic E-state index is 0. The van der Waals surface area contributed by atoms with Crippen molar-refractivity contribution in [2.45, 2.75) is 10.9 Å². The lowest BCUT2D eigenvalue weighted by molar-refractivity contribution is 0.358. The van der Waals surface area contributed by atoms with Crippen LogP contribution in [0.25, 0.3) is 0 Å². The number of halogens is 1. The van der Waals surface area contributed by atoms with Crippen LogP contribution in [-0.4, -0.2) is 36.3 Å². The van der Waals surface area contributed by atoms with Gasteiger partial charge in [0.1, 0.15) is 17.2 Å². The largest absolute Gasteiger partial charge is 0.496 e. The molecule has 1 unspecified atom stereocenters. The highest BCUT2D eigenvalue weighted by Gasteiger charge is 2.26. The molecule has 0 saturated carbocycles. The Morgan fingerprint density at radius 3 is 2.00 bits per heavy atom. The number of nitrogens with one attached hydrogen (secondary N) is 1. The molecule has 0 fully saturated rings. The van der Waals surface area contributed by atoms with Crippen molar-refractivity contribution < 1.29 is 22.6 Å². The summed E-state index contributed by atoms with van der Waals surface area (Å²) >= 11 is 0. The summed E-state index contributed by atoms with van der Waals surface area (Å²) in [5.74, 6) is 0.669. The predicted octanol–water partition coefficient (Wildman–Crippen LogP) is 2.11. The molecule has 9 heteroatoms. The van der Waals surface area contributed by atoms with Crippen LogP contribution in [0.2, 0.25) is 0 Å². The van der Waals surface area contributed by atoms with Crippen LogP contribution < -0.4 is 24.7 Å². The van der Waals surface area contributed by atoms with E-state index in [0.717, 1.165) is 5.56 Å². The van der Waals surface area contributed by atoms with Gasteiger partial charge in [-0.3, -0.25) is 0 Å². The lowest BCUT2D eigenvalue weighted by Gasteiger charge is -2.17. The van der Waals surface area contributed by atoms with Crippen LogP contribution in [0, 0.1) is 0 Å². The minimum atomic E-state index is -3.91. The van der Waals surface area contributed by atoms with Gasteiger partial charge in [-0.05, 0) is 5.56 Å². The van der Waals surface area contributed by atoms with Gasteiger partial charge in [0.25, 0.3) is 0 Å². The Morgan fingerprint density at radius 1 is 1.00 bits per heavy atom. The zero-order valence-corrected chi connectivity index (χ0v) is 16.4. The maximum absolute atomic E-state index is 12.8. The van der Waals surface area contributed by atoms with Gasteiger partial charge < -0.3 is 19.9 Å². The van der Waals surface area contributed by atoms with E-state index in [-0.39, 0.29) is 35.3 Å². The Balaban J connectivity index is 0.00000338. The summed E-state index contributed by atoms with van der Waals surface area (Å²) in [5.41, 5.74) is 6.89. The number of hydrogen-bond acceptors (Lipinski definition) is 6. The van der Waals surface area contributed by atoms with Crippen molar-refractivity contribution in [1.29, 1.82) is 0 Å². The van der Waals surface area contributed by atoms with Crippen LogP contribution in [0.1, 0.15) is 11.6 Å². The topological polar surface area (TPSA) is 99.9 Å². The number of nitrogens with two attached hydrogens (primary N) is 1. The van der Waals surface area contributed by atoms with E-state index in [9.17, 15) is 8.42 Å². The highest BCUT2D eigenvalue weighted by molar-refractivity contribution is 7.89. The quantitative estimate of drug-likeness (QED) is 0.701. The van der Waals surface area contributed by atoms with E-state index in [0.29, 0.717) is 5.75 Å². The maximum atomic E-state index is 12.8. The van der Waals surface area contributed by atoms with E-state index in [1.807, 2.05) is 30.3 Å². The van der Waals surface area contributed by atoms with Gasteiger partial charge in [0.15, 0.2) is 4.90 Å². The van der Waals surface area contributed by atoms with Crippen molar-refractivity contribution in [3.63, 3.8) is 0 Å². The Bertz CT molecular complexity index is 790. The fraction of sp³-hybridized carbons (Fsp3) is 0.294. The van der Waals surface area contributed by atoms with Crippen LogP contribution >= 0.6 is 12.4 Å². The summed E-state index contributed by atoms with van der Waals surface area (Å²) in [6.45, 7) is 0.0324. The number of methoxy groups -OCH3 is 3. The van der Waals surface area contributed by atoms with Crippen LogP contribution in [0.4, 0.5) is 0 Å². The molecule has 0 spiro atoms. The first kappa shape index (κ1) is 22.0. The summed E-state index contributed by atoms with van der Waals surface area (Å²) in [7, 11) is 0.318. The molecule has 0 heterocycles. The highest BCUT2D eigenvalue weighted by atomic mass is 35.5. The molecule has 0 saturated heterocycles. The molecule has 2 rings (SSSR count). The van der Waals surface area contributed by atoms with Gasteiger partial charge in [-0.2, -0.15) is 0 Å². The van der Waals surface area contributed by atoms with E-state index in [4.69, 9.17) is 19.9 Å². The van der Waals surface area contributed by atoms with Crippen LogP contribution in [0.5, 0.6) is 17.2 Å². The van der Waals surface area contributed by atoms with E-state index in [1.165, 1.54) is 33.5 Å². The lowest BCUT2D eigenvalue weighted by Crippen LogP contribution is -2.32. The van der Waals surface area contributed by atoms with Gasteiger partial charge in [-0.1, -0.05) is 30.3 Å². The number of rotatable bonds is 8. The Kier molecular flexibility index (Phi) is 8.16. The summed E-state index contributed by atoms with van der Waals surface area (Å²) < 4.78 is 43.5. The first-order chi connectivity index (χ1) is 11.9. The van der Waals surface area contributed by atoms with Crippen molar-refractivity contribution in [1.82, 2.24) is 4.72 Å². The lowest BCUT2D eigenvalue weighted by atomic mass is 10.1. The first-order valence-electron chi connectivity index (χ1n) is 7.53. The third-order valence-electron chi connectivity index (χ3n) is 3.66. The second kappa shape index (κ2) is 9.63. The zero-order valence-electron chi connectivity index (χ0n) is 14.8. The molecule has 0 bridgehead atoms. The predicted molar refractivity (Wildman–Crippen MR) is 102 cm³/mol. The molecule has 144 valence electrons. The molecular weight excluding hydrogens is 380 g/mol. The normalized spacial score (nSPS) is 12.0. The van der Waals surface area contributed by atoms with Gasteiger partial charge in [-0.25, -0.2) is 13.1 Å². The van der Waals surface area contributed by atoms with Crippen molar-refractivity contribution in [2.75, 3.05) is 27.9 Å². The molecular formula is C17H23ClN2O5S. The number of benzene rings is 2. The zero-order chi connectivity index (χ0) is 18.4. The fourth-order valence-corrected chi connectivity index (χ4v) is 3.69. The standard InChI is InChI=1S/C17H22N2O5S.ClH/c1-22-13-9-15(23-2)17(16(10-13)24-3)25(20,21)19-11-14(18)12-7-5-4-6-8-12;/h4-10,14,19H,11,18H2,1-3H3;1H. The van der Waals surface area contributed by atoms with Crippen LogP contribution in [0.3, 0.4) is 0 Å². The van der Waals surface area contributed by atoms with E-state index >= 15 is 0 Å². The van der Waals surface area contributed by atoms with Gasteiger partial charge in [-0.15, -0.1) is 12.4 Å². The van der Waals surface area contributed by atoms with Crippen molar-refractivity contribution in [3.8, 4) is 17.2 Å². The maximum Gasteiger partial charge on any atom is 0.248 e. The molecule has 2 aromatic rings. The van der Waals surface area contributed by atoms with Gasteiger partial charge in [0, 0.05) is 24.7 Å². The summed E-state index contributed by atoms with van der Waals surface area (Å²) in [4.78, 5) is -0.0986. The number of sulfonamides is 1. The van der Waals surface area contributed by atoms with Crippen molar-refractivity contribution >= 4 is 22.4 Å². The molecule has 0 aliphatic rings. The molecule has 0 aliphatic carbocycles. The minimum Gasteiger partial charge on any atom is -0.496 e. The second-order valence-corrected chi connectivity index (χ2v) is 6.93. The molecule has 0 radical (unpaired) electrons. The smallest absolute Gasteiger partial charge is 0.248 e. The van der Waals surface area contributed by atoms with Crippen LogP contribution in [0.15, 0.2) is 47.4 Å². The SMILES string of the molecule is COc1cc(OC)c(S(=O)(=O)NCC(N)c2ccccc2)c(OC)c1.Cl. The average Bonchev–Trinajstić information content (AvgIpc) is 2.65. The number of hydrogen-bond donors (Lipinski definition) is 2. The van der Waals surface area contributed by atoms with Crippen molar-refractivity contribution in [2.24, 2.45) is 5.73 Å². The van der Waals surface area contributed by atoms with Gasteiger partial charge in [0.2, 0.25) is 10.0 Å². The summed E-state index contributed by atoms with van der Waals surface area (Å²) in [6.07, 6.45) is 0. The molecule has 1 atom stereocenters. The molecule has 3 N–H and O–H groups in total. The van der Waals surface area contributed by atoms with Gasteiger partial charge in [0.05, 0.1) is 21.3 Å². The third-order valence-corrected chi connectivity index (χ3v) is 5.15. The molecule has 7 nitrogen and oxygen atoms in total. The Labute approximate surface area is 159 Å². The molecule has 0 aliphatic heterocycles. The summed E-state index contributed by atoms with van der Waals surface area (Å²) in [5, 5.41) is 0. The second-order valence-electron chi connectivity index (χ2n) is 5.23. The highest BCUT2D eigenvalue weighted by Crippen LogP contribution is 2.37. The first-order valence-corrected chi connectivity index (χ1v) is 9.01. The molecule has 2 aromatic carbocycles. The Morgan fingerprint density at radius 2 is 1.54 bits per heavy atom. The fourth-order valence-electron chi connectivity index (χ4n) is 2.33.